The summed E-state index contributed by atoms with van der Waals surface area (Å²) in [5.41, 5.74) is 6.43. The Hall–Kier alpha value is -0.120. The minimum Gasteiger partial charge on any atom is -0.378 e. The average Bonchev–Trinajstić information content (AvgIpc) is 2.47. The van der Waals surface area contributed by atoms with Gasteiger partial charge in [-0.2, -0.15) is 0 Å². The van der Waals surface area contributed by atoms with E-state index in [1.54, 1.807) is 0 Å². The minimum atomic E-state index is 0.175. The van der Waals surface area contributed by atoms with Crippen LogP contribution in [0.1, 0.15) is 65.2 Å². The Bertz CT molecular complexity index is 295. The van der Waals surface area contributed by atoms with Crippen molar-refractivity contribution in [2.45, 2.75) is 82.9 Å². The minimum absolute atomic E-state index is 0.175. The first-order chi connectivity index (χ1) is 9.63. The van der Waals surface area contributed by atoms with Crippen molar-refractivity contribution in [1.82, 2.24) is 4.90 Å². The second kappa shape index (κ2) is 7.24. The molecule has 1 saturated carbocycles. The molecule has 0 aromatic rings. The number of nitrogens with zero attached hydrogens (tertiary/aromatic N) is 1. The van der Waals surface area contributed by atoms with Crippen molar-refractivity contribution in [3.8, 4) is 0 Å². The fourth-order valence-electron chi connectivity index (χ4n) is 4.38. The van der Waals surface area contributed by atoms with E-state index in [4.69, 9.17) is 10.5 Å². The molecule has 1 aliphatic heterocycles. The lowest BCUT2D eigenvalue weighted by atomic mass is 9.78. The highest BCUT2D eigenvalue weighted by molar-refractivity contribution is 4.99. The van der Waals surface area contributed by atoms with Crippen LogP contribution in [0, 0.1) is 5.92 Å². The van der Waals surface area contributed by atoms with Gasteiger partial charge in [0.2, 0.25) is 0 Å². The van der Waals surface area contributed by atoms with Crippen molar-refractivity contribution in [2.24, 2.45) is 11.7 Å². The van der Waals surface area contributed by atoms with E-state index in [2.05, 4.69) is 25.8 Å². The molecule has 2 fully saturated rings. The van der Waals surface area contributed by atoms with Gasteiger partial charge in [0.1, 0.15) is 0 Å². The summed E-state index contributed by atoms with van der Waals surface area (Å²) >= 11 is 0. The van der Waals surface area contributed by atoms with Crippen molar-refractivity contribution in [3.63, 3.8) is 0 Å². The summed E-state index contributed by atoms with van der Waals surface area (Å²) in [5.74, 6) is 0.810. The summed E-state index contributed by atoms with van der Waals surface area (Å²) in [5, 5.41) is 0. The second-order valence-corrected chi connectivity index (χ2v) is 7.10. The number of hydrogen-bond donors (Lipinski definition) is 1. The largest absolute Gasteiger partial charge is 0.378 e. The first-order valence-corrected chi connectivity index (χ1v) is 8.67. The molecule has 2 aliphatic rings. The normalized spacial score (nSPS) is 39.1. The zero-order valence-electron chi connectivity index (χ0n) is 13.7. The van der Waals surface area contributed by atoms with Crippen LogP contribution >= 0.6 is 0 Å². The summed E-state index contributed by atoms with van der Waals surface area (Å²) in [7, 11) is 2.33. The van der Waals surface area contributed by atoms with E-state index in [1.807, 2.05) is 0 Å². The lowest BCUT2D eigenvalue weighted by Gasteiger charge is -2.51. The SMILES string of the molecule is CCCC1CC(CN)(N(C)C2CCCCC2C)CCO1. The molecule has 0 amide bonds. The van der Waals surface area contributed by atoms with E-state index in [-0.39, 0.29) is 5.54 Å². The van der Waals surface area contributed by atoms with E-state index >= 15 is 0 Å². The Morgan fingerprint density at radius 1 is 1.30 bits per heavy atom. The molecule has 0 bridgehead atoms. The Morgan fingerprint density at radius 2 is 2.05 bits per heavy atom. The van der Waals surface area contributed by atoms with Crippen LogP contribution in [0.3, 0.4) is 0 Å². The molecule has 4 atom stereocenters. The molecule has 1 heterocycles. The van der Waals surface area contributed by atoms with Gasteiger partial charge in [0, 0.05) is 24.7 Å². The molecule has 1 saturated heterocycles. The van der Waals surface area contributed by atoms with Crippen molar-refractivity contribution in [1.29, 1.82) is 0 Å². The van der Waals surface area contributed by atoms with Crippen LogP contribution in [0.2, 0.25) is 0 Å². The van der Waals surface area contributed by atoms with Crippen LogP contribution in [0.4, 0.5) is 0 Å². The molecule has 2 N–H and O–H groups in total. The first kappa shape index (κ1) is 16.3. The Labute approximate surface area is 125 Å². The van der Waals surface area contributed by atoms with Crippen LogP contribution in [0.25, 0.3) is 0 Å². The molecule has 20 heavy (non-hydrogen) atoms. The van der Waals surface area contributed by atoms with Gasteiger partial charge in [-0.15, -0.1) is 0 Å². The van der Waals surface area contributed by atoms with Crippen LogP contribution in [0.5, 0.6) is 0 Å². The third-order valence-electron chi connectivity index (χ3n) is 5.83. The van der Waals surface area contributed by atoms with E-state index < -0.39 is 0 Å². The summed E-state index contributed by atoms with van der Waals surface area (Å²) in [6.07, 6.45) is 10.5. The molecule has 1 aliphatic carbocycles. The highest BCUT2D eigenvalue weighted by atomic mass is 16.5. The molecule has 118 valence electrons. The lowest BCUT2D eigenvalue weighted by molar-refractivity contribution is -0.0871. The summed E-state index contributed by atoms with van der Waals surface area (Å²) in [6.45, 7) is 6.33. The van der Waals surface area contributed by atoms with Crippen molar-refractivity contribution < 1.29 is 4.74 Å². The third kappa shape index (κ3) is 3.37. The quantitative estimate of drug-likeness (QED) is 0.841. The fourth-order valence-corrected chi connectivity index (χ4v) is 4.38. The predicted octanol–water partition coefficient (Wildman–Crippen LogP) is 3.17. The van der Waals surface area contributed by atoms with E-state index in [1.165, 1.54) is 38.5 Å². The van der Waals surface area contributed by atoms with Gasteiger partial charge in [-0.05, 0) is 45.1 Å². The van der Waals surface area contributed by atoms with Gasteiger partial charge in [-0.3, -0.25) is 4.90 Å². The van der Waals surface area contributed by atoms with Crippen molar-refractivity contribution in [3.05, 3.63) is 0 Å². The zero-order valence-corrected chi connectivity index (χ0v) is 13.7. The number of nitrogens with two attached hydrogens (primary N) is 1. The van der Waals surface area contributed by atoms with Gasteiger partial charge in [0.25, 0.3) is 0 Å². The topological polar surface area (TPSA) is 38.5 Å². The molecule has 3 nitrogen and oxygen atoms in total. The van der Waals surface area contributed by atoms with Gasteiger partial charge in [-0.1, -0.05) is 33.1 Å². The van der Waals surface area contributed by atoms with Gasteiger partial charge in [0.15, 0.2) is 0 Å². The fraction of sp³-hybridized carbons (Fsp3) is 1.00. The highest BCUT2D eigenvalue weighted by Crippen LogP contribution is 2.37. The molecule has 0 aromatic carbocycles. The standard InChI is InChI=1S/C17H34N2O/c1-4-7-15-12-17(13-18,10-11-20-15)19(3)16-9-6-5-8-14(16)2/h14-16H,4-13,18H2,1-3H3. The van der Waals surface area contributed by atoms with Crippen molar-refractivity contribution >= 4 is 0 Å². The lowest BCUT2D eigenvalue weighted by Crippen LogP contribution is -2.61. The van der Waals surface area contributed by atoms with Gasteiger partial charge in [0.05, 0.1) is 6.10 Å². The van der Waals surface area contributed by atoms with Crippen LogP contribution < -0.4 is 5.73 Å². The maximum absolute atomic E-state index is 6.25. The molecule has 3 heteroatoms. The maximum Gasteiger partial charge on any atom is 0.0593 e. The van der Waals surface area contributed by atoms with E-state index in [9.17, 15) is 0 Å². The summed E-state index contributed by atoms with van der Waals surface area (Å²) in [4.78, 5) is 2.65. The average molecular weight is 282 g/mol. The first-order valence-electron chi connectivity index (χ1n) is 8.67. The van der Waals surface area contributed by atoms with Gasteiger partial charge >= 0.3 is 0 Å². The third-order valence-corrected chi connectivity index (χ3v) is 5.83. The molecule has 0 aromatic heterocycles. The Kier molecular flexibility index (Phi) is 5.88. The molecular weight excluding hydrogens is 248 g/mol. The molecule has 0 radical (unpaired) electrons. The number of ether oxygens (including phenoxy) is 1. The van der Waals surface area contributed by atoms with Gasteiger partial charge < -0.3 is 10.5 Å². The predicted molar refractivity (Wildman–Crippen MR) is 84.9 cm³/mol. The van der Waals surface area contributed by atoms with E-state index in [0.29, 0.717) is 12.1 Å². The zero-order chi connectivity index (χ0) is 14.6. The van der Waals surface area contributed by atoms with Crippen molar-refractivity contribution in [2.75, 3.05) is 20.2 Å². The van der Waals surface area contributed by atoms with Crippen LogP contribution in [0.15, 0.2) is 0 Å². The number of rotatable bonds is 5. The summed E-state index contributed by atoms with van der Waals surface area (Å²) < 4.78 is 5.96. The second-order valence-electron chi connectivity index (χ2n) is 7.10. The van der Waals surface area contributed by atoms with Crippen LogP contribution in [-0.4, -0.2) is 42.8 Å². The molecule has 2 rings (SSSR count). The molecular formula is C17H34N2O. The monoisotopic (exact) mass is 282 g/mol. The molecule has 4 unspecified atom stereocenters. The number of likely N-dealkylation sites (N-methyl/N-ethyl adjacent to an activating group) is 1. The Morgan fingerprint density at radius 3 is 2.70 bits per heavy atom. The van der Waals surface area contributed by atoms with Crippen LogP contribution in [-0.2, 0) is 4.74 Å². The Balaban J connectivity index is 2.08. The maximum atomic E-state index is 6.25. The number of hydrogen-bond acceptors (Lipinski definition) is 3. The van der Waals surface area contributed by atoms with E-state index in [0.717, 1.165) is 31.9 Å². The molecule has 0 spiro atoms. The summed E-state index contributed by atoms with van der Waals surface area (Å²) in [6, 6.07) is 0.715. The highest BCUT2D eigenvalue weighted by Gasteiger charge is 2.43. The van der Waals surface area contributed by atoms with Gasteiger partial charge in [-0.25, -0.2) is 0 Å². The smallest absolute Gasteiger partial charge is 0.0593 e.